The number of benzene rings is 2. The van der Waals surface area contributed by atoms with Crippen LogP contribution in [0.3, 0.4) is 0 Å². The number of amides is 1. The Morgan fingerprint density at radius 2 is 1.76 bits per heavy atom. The molecule has 2 aliphatic rings. The number of non-ortho nitro benzene ring substituents is 1. The molecular formula is C24H25N3O7. The van der Waals surface area contributed by atoms with Gasteiger partial charge in [-0.2, -0.15) is 0 Å². The van der Waals surface area contributed by atoms with E-state index in [1.54, 1.807) is 24.3 Å². The molecule has 0 bridgehead atoms. The molecule has 0 aromatic heterocycles. The van der Waals surface area contributed by atoms with Gasteiger partial charge in [-0.3, -0.25) is 19.7 Å². The van der Waals surface area contributed by atoms with E-state index >= 15 is 0 Å². The molecule has 0 spiro atoms. The molecule has 0 radical (unpaired) electrons. The summed E-state index contributed by atoms with van der Waals surface area (Å²) in [6.45, 7) is 3.69. The number of nitrogens with one attached hydrogen (secondary N) is 1. The number of ketones is 1. The van der Waals surface area contributed by atoms with E-state index in [4.69, 9.17) is 9.47 Å². The number of hydrogen-bond donors (Lipinski definition) is 1. The van der Waals surface area contributed by atoms with Crippen LogP contribution in [0.15, 0.2) is 54.1 Å². The van der Waals surface area contributed by atoms with Crippen LogP contribution in [0.1, 0.15) is 17.2 Å². The van der Waals surface area contributed by atoms with Crippen LogP contribution in [0.2, 0.25) is 0 Å². The van der Waals surface area contributed by atoms with Gasteiger partial charge in [0.1, 0.15) is 18.8 Å². The highest BCUT2D eigenvalue weighted by molar-refractivity contribution is 6.46. The Hall–Kier alpha value is -3.76. The summed E-state index contributed by atoms with van der Waals surface area (Å²) in [5.74, 6) is -1.59. The van der Waals surface area contributed by atoms with Crippen LogP contribution in [0, 0.1) is 10.1 Å². The largest absolute Gasteiger partial charge is 0.872 e. The van der Waals surface area contributed by atoms with Gasteiger partial charge in [0.05, 0.1) is 44.4 Å². The Balaban J connectivity index is 1.73. The topological polar surface area (TPSA) is 126 Å². The number of hydrogen-bond acceptors (Lipinski definition) is 7. The average molecular weight is 467 g/mol. The molecule has 10 heteroatoms. The summed E-state index contributed by atoms with van der Waals surface area (Å²) in [4.78, 5) is 39.3. The molecule has 2 heterocycles. The molecular weight excluding hydrogens is 442 g/mol. The monoisotopic (exact) mass is 467 g/mol. The van der Waals surface area contributed by atoms with E-state index in [9.17, 15) is 24.8 Å². The van der Waals surface area contributed by atoms with Gasteiger partial charge in [-0.1, -0.05) is 17.9 Å². The minimum Gasteiger partial charge on any atom is -0.872 e. The molecule has 1 unspecified atom stereocenters. The lowest BCUT2D eigenvalue weighted by atomic mass is 9.95. The number of likely N-dealkylation sites (tertiary alicyclic amines) is 1. The zero-order chi connectivity index (χ0) is 24.2. The second kappa shape index (κ2) is 10.0. The molecule has 0 aliphatic carbocycles. The SMILES string of the molecule is COc1ccc(C([O-])=C2C(=O)C(=O)N(CC[NH+]3CCOCC3)C2c2ccc([N+](=O)[O-])cc2)cc1. The number of quaternary nitrogens is 1. The molecule has 1 amide bonds. The van der Waals surface area contributed by atoms with E-state index in [1.807, 2.05) is 0 Å². The summed E-state index contributed by atoms with van der Waals surface area (Å²) < 4.78 is 10.5. The van der Waals surface area contributed by atoms with Gasteiger partial charge >= 0.3 is 0 Å². The Kier molecular flexibility index (Phi) is 6.90. The number of Topliss-reactive ketones (excluding diaryl/α,β-unsaturated/α-hetero) is 1. The number of ether oxygens (including phenoxy) is 2. The van der Waals surface area contributed by atoms with Crippen LogP contribution in [-0.2, 0) is 14.3 Å². The second-order valence-electron chi connectivity index (χ2n) is 8.16. The Bertz CT molecular complexity index is 1110. The molecule has 2 saturated heterocycles. The van der Waals surface area contributed by atoms with E-state index in [-0.39, 0.29) is 23.4 Å². The third-order valence-corrected chi connectivity index (χ3v) is 6.21. The van der Waals surface area contributed by atoms with Gasteiger partial charge in [0.2, 0.25) is 5.78 Å². The van der Waals surface area contributed by atoms with E-state index in [2.05, 4.69) is 0 Å². The molecule has 1 atom stereocenters. The lowest BCUT2D eigenvalue weighted by Crippen LogP contribution is -3.14. The van der Waals surface area contributed by atoms with Crippen LogP contribution in [0.5, 0.6) is 5.75 Å². The van der Waals surface area contributed by atoms with Gasteiger partial charge in [0, 0.05) is 17.7 Å². The smallest absolute Gasteiger partial charge is 0.295 e. The van der Waals surface area contributed by atoms with Crippen molar-refractivity contribution in [3.8, 4) is 5.75 Å². The maximum Gasteiger partial charge on any atom is 0.295 e. The third kappa shape index (κ3) is 4.63. The first-order valence-electron chi connectivity index (χ1n) is 11.0. The number of carbonyl (C=O) groups excluding carboxylic acids is 2. The van der Waals surface area contributed by atoms with Crippen molar-refractivity contribution in [2.75, 3.05) is 46.5 Å². The molecule has 2 aliphatic heterocycles. The van der Waals surface area contributed by atoms with Crippen molar-refractivity contribution >= 4 is 23.1 Å². The fourth-order valence-electron chi connectivity index (χ4n) is 4.31. The summed E-state index contributed by atoms with van der Waals surface area (Å²) in [5, 5.41) is 24.5. The number of rotatable bonds is 7. The second-order valence-corrected chi connectivity index (χ2v) is 8.16. The van der Waals surface area contributed by atoms with Crippen molar-refractivity contribution < 1.29 is 34.0 Å². The fourth-order valence-corrected chi connectivity index (χ4v) is 4.31. The standard InChI is InChI=1S/C24H25N3O7/c1-33-19-8-4-17(5-9-19)22(28)20-21(16-2-6-18(7-3-16)27(31)32)26(24(30)23(20)29)11-10-25-12-14-34-15-13-25/h2-9,21,28H,10-15H2,1H3. The van der Waals surface area contributed by atoms with Gasteiger partial charge < -0.3 is 24.4 Å². The molecule has 2 aromatic carbocycles. The first-order valence-corrected chi connectivity index (χ1v) is 11.0. The van der Waals surface area contributed by atoms with Gasteiger partial charge in [0.15, 0.2) is 0 Å². The van der Waals surface area contributed by atoms with Crippen molar-refractivity contribution in [1.82, 2.24) is 4.90 Å². The van der Waals surface area contributed by atoms with Crippen LogP contribution >= 0.6 is 0 Å². The number of nitrogens with zero attached hydrogens (tertiary/aromatic N) is 2. The fraction of sp³-hybridized carbons (Fsp3) is 0.333. The minimum atomic E-state index is -0.921. The summed E-state index contributed by atoms with van der Waals surface area (Å²) in [6.07, 6.45) is 0. The average Bonchev–Trinajstić information content (AvgIpc) is 3.12. The Morgan fingerprint density at radius 1 is 1.12 bits per heavy atom. The molecule has 2 aromatic rings. The summed E-state index contributed by atoms with van der Waals surface area (Å²) >= 11 is 0. The first-order chi connectivity index (χ1) is 16.4. The highest BCUT2D eigenvalue weighted by Crippen LogP contribution is 2.39. The molecule has 10 nitrogen and oxygen atoms in total. The normalized spacial score (nSPS) is 20.5. The first kappa shape index (κ1) is 23.4. The van der Waals surface area contributed by atoms with Crippen molar-refractivity contribution in [2.24, 2.45) is 0 Å². The van der Waals surface area contributed by atoms with Gasteiger partial charge in [0.25, 0.3) is 11.6 Å². The lowest BCUT2D eigenvalue weighted by molar-refractivity contribution is -0.907. The maximum absolute atomic E-state index is 13.4. The summed E-state index contributed by atoms with van der Waals surface area (Å²) in [5.41, 5.74) is 0.455. The quantitative estimate of drug-likeness (QED) is 0.196. The molecule has 1 N–H and O–H groups in total. The minimum absolute atomic E-state index is 0.119. The Morgan fingerprint density at radius 3 is 2.35 bits per heavy atom. The molecule has 178 valence electrons. The van der Waals surface area contributed by atoms with Crippen LogP contribution in [-0.4, -0.2) is 68.0 Å². The van der Waals surface area contributed by atoms with Gasteiger partial charge in [-0.25, -0.2) is 0 Å². The van der Waals surface area contributed by atoms with Crippen molar-refractivity contribution in [3.05, 3.63) is 75.3 Å². The van der Waals surface area contributed by atoms with Crippen molar-refractivity contribution in [2.45, 2.75) is 6.04 Å². The van der Waals surface area contributed by atoms with Crippen molar-refractivity contribution in [1.29, 1.82) is 0 Å². The summed E-state index contributed by atoms with van der Waals surface area (Å²) in [6, 6.07) is 11.0. The number of nitro benzene ring substituents is 1. The highest BCUT2D eigenvalue weighted by Gasteiger charge is 2.44. The predicted molar refractivity (Wildman–Crippen MR) is 119 cm³/mol. The van der Waals surface area contributed by atoms with E-state index < -0.39 is 28.4 Å². The number of nitro groups is 1. The predicted octanol–water partition coefficient (Wildman–Crippen LogP) is -0.257. The number of methoxy groups -OCH3 is 1. The molecule has 34 heavy (non-hydrogen) atoms. The number of morpholine rings is 1. The molecule has 2 fully saturated rings. The summed E-state index contributed by atoms with van der Waals surface area (Å²) in [7, 11) is 1.50. The maximum atomic E-state index is 13.4. The lowest BCUT2D eigenvalue weighted by Gasteiger charge is -2.30. The molecule has 4 rings (SSSR count). The Labute approximate surface area is 196 Å². The van der Waals surface area contributed by atoms with Crippen LogP contribution in [0.4, 0.5) is 5.69 Å². The van der Waals surface area contributed by atoms with Gasteiger partial charge in [-0.15, -0.1) is 0 Å². The van der Waals surface area contributed by atoms with Crippen LogP contribution in [0.25, 0.3) is 5.76 Å². The van der Waals surface area contributed by atoms with Crippen LogP contribution < -0.4 is 14.7 Å². The van der Waals surface area contributed by atoms with E-state index in [0.717, 1.165) is 13.1 Å². The van der Waals surface area contributed by atoms with E-state index in [0.29, 0.717) is 31.1 Å². The zero-order valence-corrected chi connectivity index (χ0v) is 18.7. The third-order valence-electron chi connectivity index (χ3n) is 6.21. The highest BCUT2D eigenvalue weighted by atomic mass is 16.6. The zero-order valence-electron chi connectivity index (χ0n) is 18.7. The molecule has 0 saturated carbocycles. The van der Waals surface area contributed by atoms with Crippen molar-refractivity contribution in [3.63, 3.8) is 0 Å². The number of carbonyl (C=O) groups is 2. The van der Waals surface area contributed by atoms with E-state index in [1.165, 1.54) is 41.2 Å². The van der Waals surface area contributed by atoms with Gasteiger partial charge in [-0.05, 0) is 35.4 Å².